The number of hydrogen-bond acceptors (Lipinski definition) is 5. The summed E-state index contributed by atoms with van der Waals surface area (Å²) in [7, 11) is 0. The van der Waals surface area contributed by atoms with Crippen LogP contribution in [-0.4, -0.2) is 44.0 Å². The number of nitrogen functional groups attached to an aromatic ring is 1. The third-order valence-electron chi connectivity index (χ3n) is 5.67. The van der Waals surface area contributed by atoms with E-state index in [0.717, 1.165) is 24.9 Å². The molecule has 2 atom stereocenters. The van der Waals surface area contributed by atoms with Crippen LogP contribution in [0.25, 0.3) is 11.4 Å². The molecule has 1 aliphatic heterocycles. The molecule has 0 spiro atoms. The molecular weight excluding hydrogens is 382 g/mol. The normalized spacial score (nSPS) is 22.5. The Kier molecular flexibility index (Phi) is 5.59. The smallest absolute Gasteiger partial charge is 0.233 e. The number of hydrogen-bond donors (Lipinski definition) is 1. The maximum Gasteiger partial charge on any atom is 0.233 e. The standard InChI is InChI=1S/C19H24ClN5OS/c20-15-9-3-2-8-14(15)18-22-23-19(25(18)21)27-12-17(26)24-11-5-7-13-6-1-4-10-16(13)24/h2-3,8-9,13,16H,1,4-7,10-12,21H2/t13-,16-/m0/s1. The second-order valence-corrected chi connectivity index (χ2v) is 8.64. The number of piperidine rings is 1. The zero-order valence-electron chi connectivity index (χ0n) is 15.2. The molecule has 1 aliphatic carbocycles. The van der Waals surface area contributed by atoms with E-state index in [1.165, 1.54) is 42.1 Å². The van der Waals surface area contributed by atoms with Crippen molar-refractivity contribution >= 4 is 29.3 Å². The van der Waals surface area contributed by atoms with Crippen molar-refractivity contribution in [3.8, 4) is 11.4 Å². The van der Waals surface area contributed by atoms with E-state index in [9.17, 15) is 4.79 Å². The molecule has 27 heavy (non-hydrogen) atoms. The van der Waals surface area contributed by atoms with Crippen LogP contribution < -0.4 is 5.84 Å². The highest BCUT2D eigenvalue weighted by Crippen LogP contribution is 2.36. The van der Waals surface area contributed by atoms with Gasteiger partial charge in [-0.3, -0.25) is 4.79 Å². The average Bonchev–Trinajstić information content (AvgIpc) is 3.06. The zero-order chi connectivity index (χ0) is 18.8. The van der Waals surface area contributed by atoms with Gasteiger partial charge in [0.15, 0.2) is 5.82 Å². The van der Waals surface area contributed by atoms with E-state index in [4.69, 9.17) is 17.4 Å². The summed E-state index contributed by atoms with van der Waals surface area (Å²) in [6.45, 7) is 0.876. The topological polar surface area (TPSA) is 77.0 Å². The molecule has 1 saturated carbocycles. The van der Waals surface area contributed by atoms with Gasteiger partial charge in [-0.1, -0.05) is 48.3 Å². The Hall–Kier alpha value is -1.73. The molecule has 2 N–H and O–H groups in total. The van der Waals surface area contributed by atoms with Crippen molar-refractivity contribution in [1.29, 1.82) is 0 Å². The maximum absolute atomic E-state index is 12.9. The number of nitrogens with zero attached hydrogens (tertiary/aromatic N) is 4. The molecule has 0 radical (unpaired) electrons. The van der Waals surface area contributed by atoms with Crippen LogP contribution >= 0.6 is 23.4 Å². The van der Waals surface area contributed by atoms with Crippen LogP contribution in [-0.2, 0) is 4.79 Å². The molecule has 144 valence electrons. The first-order valence-electron chi connectivity index (χ1n) is 9.53. The summed E-state index contributed by atoms with van der Waals surface area (Å²) in [5.74, 6) is 7.86. The zero-order valence-corrected chi connectivity index (χ0v) is 16.8. The predicted molar refractivity (Wildman–Crippen MR) is 108 cm³/mol. The van der Waals surface area contributed by atoms with Crippen molar-refractivity contribution in [3.05, 3.63) is 29.3 Å². The van der Waals surface area contributed by atoms with Gasteiger partial charge >= 0.3 is 0 Å². The maximum atomic E-state index is 12.9. The SMILES string of the molecule is Nn1c(SCC(=O)N2CCC[C@@H]3CCCC[C@@H]32)nnc1-c1ccccc1Cl. The fourth-order valence-electron chi connectivity index (χ4n) is 4.35. The minimum atomic E-state index is 0.180. The Morgan fingerprint density at radius 2 is 1.96 bits per heavy atom. The quantitative estimate of drug-likeness (QED) is 0.621. The Morgan fingerprint density at radius 3 is 2.81 bits per heavy atom. The van der Waals surface area contributed by atoms with Crippen molar-refractivity contribution < 1.29 is 4.79 Å². The molecule has 6 nitrogen and oxygen atoms in total. The highest BCUT2D eigenvalue weighted by Gasteiger charge is 2.35. The number of likely N-dealkylation sites (tertiary alicyclic amines) is 1. The summed E-state index contributed by atoms with van der Waals surface area (Å²) < 4.78 is 1.42. The Balaban J connectivity index is 1.43. The van der Waals surface area contributed by atoms with Gasteiger partial charge in [-0.05, 0) is 43.7 Å². The number of nitrogens with two attached hydrogens (primary N) is 1. The fourth-order valence-corrected chi connectivity index (χ4v) is 5.31. The van der Waals surface area contributed by atoms with Crippen LogP contribution in [0.1, 0.15) is 38.5 Å². The lowest BCUT2D eigenvalue weighted by atomic mass is 9.78. The predicted octanol–water partition coefficient (Wildman–Crippen LogP) is 3.59. The summed E-state index contributed by atoms with van der Waals surface area (Å²) in [4.78, 5) is 15.0. The van der Waals surface area contributed by atoms with Gasteiger partial charge in [0.2, 0.25) is 11.1 Å². The number of benzene rings is 1. The van der Waals surface area contributed by atoms with E-state index in [-0.39, 0.29) is 5.91 Å². The highest BCUT2D eigenvalue weighted by molar-refractivity contribution is 7.99. The number of carbonyl (C=O) groups is 1. The van der Waals surface area contributed by atoms with Gasteiger partial charge in [0.25, 0.3) is 0 Å². The van der Waals surface area contributed by atoms with Crippen LogP contribution in [0.4, 0.5) is 0 Å². The Bertz CT molecular complexity index is 824. The number of amides is 1. The van der Waals surface area contributed by atoms with Gasteiger partial charge in [0.1, 0.15) is 0 Å². The minimum Gasteiger partial charge on any atom is -0.339 e. The minimum absolute atomic E-state index is 0.180. The molecule has 2 aliphatic rings. The highest BCUT2D eigenvalue weighted by atomic mass is 35.5. The first kappa shape index (κ1) is 18.6. The van der Waals surface area contributed by atoms with Crippen LogP contribution in [0.3, 0.4) is 0 Å². The molecule has 1 amide bonds. The third kappa shape index (κ3) is 3.80. The first-order chi connectivity index (χ1) is 13.1. The lowest BCUT2D eigenvalue weighted by Crippen LogP contribution is -2.50. The van der Waals surface area contributed by atoms with Crippen LogP contribution in [0, 0.1) is 5.92 Å². The molecule has 4 rings (SSSR count). The number of halogens is 1. The number of thioether (sulfide) groups is 1. The van der Waals surface area contributed by atoms with E-state index in [1.54, 1.807) is 6.07 Å². The van der Waals surface area contributed by atoms with Crippen LogP contribution in [0.2, 0.25) is 5.02 Å². The van der Waals surface area contributed by atoms with Crippen molar-refractivity contribution in [2.75, 3.05) is 18.1 Å². The van der Waals surface area contributed by atoms with Crippen molar-refractivity contribution in [1.82, 2.24) is 19.8 Å². The molecule has 8 heteroatoms. The fraction of sp³-hybridized carbons (Fsp3) is 0.526. The van der Waals surface area contributed by atoms with Crippen LogP contribution in [0.5, 0.6) is 0 Å². The molecule has 0 unspecified atom stereocenters. The Labute approximate surface area is 168 Å². The molecule has 2 heterocycles. The van der Waals surface area contributed by atoms with Crippen molar-refractivity contribution in [2.24, 2.45) is 5.92 Å². The average molecular weight is 406 g/mol. The van der Waals surface area contributed by atoms with Crippen LogP contribution in [0.15, 0.2) is 29.4 Å². The van der Waals surface area contributed by atoms with Gasteiger partial charge in [-0.25, -0.2) is 4.68 Å². The van der Waals surface area contributed by atoms with Gasteiger partial charge in [-0.2, -0.15) is 0 Å². The van der Waals surface area contributed by atoms with E-state index in [0.29, 0.717) is 33.7 Å². The molecule has 2 fully saturated rings. The summed E-state index contributed by atoms with van der Waals surface area (Å²) in [5.41, 5.74) is 0.730. The van der Waals surface area contributed by atoms with Gasteiger partial charge in [0.05, 0.1) is 10.8 Å². The van der Waals surface area contributed by atoms with E-state index in [1.807, 2.05) is 18.2 Å². The number of aromatic nitrogens is 3. The van der Waals surface area contributed by atoms with Gasteiger partial charge in [0, 0.05) is 18.2 Å². The van der Waals surface area contributed by atoms with E-state index < -0.39 is 0 Å². The largest absolute Gasteiger partial charge is 0.339 e. The van der Waals surface area contributed by atoms with Crippen molar-refractivity contribution in [2.45, 2.75) is 49.7 Å². The van der Waals surface area contributed by atoms with Gasteiger partial charge < -0.3 is 10.7 Å². The number of rotatable bonds is 4. The second kappa shape index (κ2) is 8.10. The molecule has 0 bridgehead atoms. The lowest BCUT2D eigenvalue weighted by Gasteiger charge is -2.44. The molecular formula is C19H24ClN5OS. The van der Waals surface area contributed by atoms with Gasteiger partial charge in [-0.15, -0.1) is 10.2 Å². The summed E-state index contributed by atoms with van der Waals surface area (Å²) in [6.07, 6.45) is 7.32. The summed E-state index contributed by atoms with van der Waals surface area (Å²) in [5, 5.41) is 9.41. The number of fused-ring (bicyclic) bond motifs is 1. The third-order valence-corrected chi connectivity index (χ3v) is 6.93. The molecule has 1 aromatic carbocycles. The molecule has 2 aromatic rings. The monoisotopic (exact) mass is 405 g/mol. The molecule has 1 aromatic heterocycles. The summed E-state index contributed by atoms with van der Waals surface area (Å²) in [6, 6.07) is 7.80. The second-order valence-electron chi connectivity index (χ2n) is 7.29. The summed E-state index contributed by atoms with van der Waals surface area (Å²) >= 11 is 7.57. The first-order valence-corrected chi connectivity index (χ1v) is 10.9. The molecule has 1 saturated heterocycles. The van der Waals surface area contributed by atoms with E-state index >= 15 is 0 Å². The van der Waals surface area contributed by atoms with Crippen molar-refractivity contribution in [3.63, 3.8) is 0 Å². The Morgan fingerprint density at radius 1 is 1.19 bits per heavy atom. The lowest BCUT2D eigenvalue weighted by molar-refractivity contribution is -0.134. The van der Waals surface area contributed by atoms with E-state index in [2.05, 4.69) is 15.1 Å². The number of carbonyl (C=O) groups excluding carboxylic acids is 1.